The molecule has 0 spiro atoms. The summed E-state index contributed by atoms with van der Waals surface area (Å²) in [5, 5.41) is 6.10. The van der Waals surface area contributed by atoms with E-state index in [-0.39, 0.29) is 17.2 Å². The smallest absolute Gasteiger partial charge is 0.267 e. The van der Waals surface area contributed by atoms with E-state index in [1.165, 1.54) is 10.9 Å². The standard InChI is InChI=1S/C16H28N4O4S/c1-16(2,3)15-13(11-19(4)17-15)25(22,23)18-14(21)10-12-6-8-20(24-5)9-7-12/h11-12H,6-10H2,1-5H3,(H,18,21). The van der Waals surface area contributed by atoms with Gasteiger partial charge in [-0.1, -0.05) is 20.8 Å². The van der Waals surface area contributed by atoms with E-state index in [4.69, 9.17) is 4.84 Å². The summed E-state index contributed by atoms with van der Waals surface area (Å²) in [7, 11) is -0.645. The van der Waals surface area contributed by atoms with Crippen LogP contribution < -0.4 is 4.72 Å². The van der Waals surface area contributed by atoms with Crippen LogP contribution in [-0.2, 0) is 32.1 Å². The zero-order valence-electron chi connectivity index (χ0n) is 15.6. The van der Waals surface area contributed by atoms with Crippen molar-refractivity contribution in [1.82, 2.24) is 19.6 Å². The summed E-state index contributed by atoms with van der Waals surface area (Å²) in [4.78, 5) is 17.5. The number of amides is 1. The minimum atomic E-state index is -3.94. The summed E-state index contributed by atoms with van der Waals surface area (Å²) in [5.74, 6) is -0.308. The fourth-order valence-corrected chi connectivity index (χ4v) is 4.37. The first-order valence-electron chi connectivity index (χ1n) is 8.41. The molecular formula is C16H28N4O4S. The molecule has 0 aromatic carbocycles. The van der Waals surface area contributed by atoms with Gasteiger partial charge in [-0.3, -0.25) is 9.48 Å². The third-order valence-electron chi connectivity index (χ3n) is 4.35. The first-order chi connectivity index (χ1) is 11.5. The Labute approximate surface area is 149 Å². The van der Waals surface area contributed by atoms with E-state index in [9.17, 15) is 13.2 Å². The maximum absolute atomic E-state index is 12.6. The molecule has 8 nitrogen and oxygen atoms in total. The number of hydrogen-bond acceptors (Lipinski definition) is 6. The Morgan fingerprint density at radius 2 is 1.96 bits per heavy atom. The minimum Gasteiger partial charge on any atom is -0.302 e. The highest BCUT2D eigenvalue weighted by atomic mass is 32.2. The van der Waals surface area contributed by atoms with Crippen molar-refractivity contribution in [2.45, 2.75) is 50.3 Å². The van der Waals surface area contributed by atoms with E-state index in [2.05, 4.69) is 9.82 Å². The number of nitrogens with one attached hydrogen (secondary N) is 1. The molecule has 1 aliphatic heterocycles. The molecular weight excluding hydrogens is 344 g/mol. The molecule has 0 aliphatic carbocycles. The lowest BCUT2D eigenvalue weighted by molar-refractivity contribution is -0.149. The van der Waals surface area contributed by atoms with Crippen molar-refractivity contribution >= 4 is 15.9 Å². The van der Waals surface area contributed by atoms with Gasteiger partial charge in [-0.05, 0) is 18.8 Å². The number of carbonyl (C=O) groups is 1. The predicted molar refractivity (Wildman–Crippen MR) is 93.2 cm³/mol. The van der Waals surface area contributed by atoms with Crippen LogP contribution in [0.1, 0.15) is 45.7 Å². The molecule has 0 atom stereocenters. The summed E-state index contributed by atoms with van der Waals surface area (Å²) in [5.41, 5.74) is 0.00479. The lowest BCUT2D eigenvalue weighted by Gasteiger charge is -2.29. The molecule has 1 aliphatic rings. The lowest BCUT2D eigenvalue weighted by Crippen LogP contribution is -2.37. The van der Waals surface area contributed by atoms with Crippen molar-refractivity contribution in [3.63, 3.8) is 0 Å². The number of rotatable bonds is 5. The molecule has 0 bridgehead atoms. The van der Waals surface area contributed by atoms with Crippen LogP contribution in [0.5, 0.6) is 0 Å². The highest BCUT2D eigenvalue weighted by Gasteiger charge is 2.31. The third-order valence-corrected chi connectivity index (χ3v) is 5.72. The third kappa shape index (κ3) is 5.02. The van der Waals surface area contributed by atoms with Gasteiger partial charge in [-0.15, -0.1) is 0 Å². The normalized spacial score (nSPS) is 17.6. The van der Waals surface area contributed by atoms with Gasteiger partial charge in [-0.2, -0.15) is 10.2 Å². The van der Waals surface area contributed by atoms with Gasteiger partial charge >= 0.3 is 0 Å². The second-order valence-electron chi connectivity index (χ2n) is 7.55. The molecule has 0 radical (unpaired) electrons. The quantitative estimate of drug-likeness (QED) is 0.834. The van der Waals surface area contributed by atoms with Gasteiger partial charge in [0.05, 0.1) is 12.8 Å². The molecule has 1 saturated heterocycles. The number of nitrogens with zero attached hydrogens (tertiary/aromatic N) is 3. The minimum absolute atomic E-state index is 0.0602. The van der Waals surface area contributed by atoms with Crippen molar-refractivity contribution in [2.24, 2.45) is 13.0 Å². The van der Waals surface area contributed by atoms with Crippen LogP contribution in [0.2, 0.25) is 0 Å². The molecule has 2 rings (SSSR count). The van der Waals surface area contributed by atoms with E-state index < -0.39 is 21.3 Å². The lowest BCUT2D eigenvalue weighted by atomic mass is 9.92. The number of hydroxylamine groups is 2. The highest BCUT2D eigenvalue weighted by molar-refractivity contribution is 7.90. The first-order valence-corrected chi connectivity index (χ1v) is 9.90. The van der Waals surface area contributed by atoms with E-state index in [1.807, 2.05) is 25.8 Å². The van der Waals surface area contributed by atoms with Crippen LogP contribution in [-0.4, -0.2) is 49.4 Å². The van der Waals surface area contributed by atoms with Gasteiger partial charge in [0.2, 0.25) is 5.91 Å². The maximum atomic E-state index is 12.6. The fourth-order valence-electron chi connectivity index (χ4n) is 2.99. The van der Waals surface area contributed by atoms with Crippen LogP contribution in [0.3, 0.4) is 0 Å². The molecule has 2 heterocycles. The average molecular weight is 372 g/mol. The maximum Gasteiger partial charge on any atom is 0.267 e. The van der Waals surface area contributed by atoms with Gasteiger partial charge < -0.3 is 4.84 Å². The molecule has 1 N–H and O–H groups in total. The van der Waals surface area contributed by atoms with Gasteiger partial charge in [0, 0.05) is 38.2 Å². The summed E-state index contributed by atoms with van der Waals surface area (Å²) < 4.78 is 29.0. The van der Waals surface area contributed by atoms with Crippen molar-refractivity contribution in [1.29, 1.82) is 0 Å². The van der Waals surface area contributed by atoms with E-state index in [0.29, 0.717) is 5.69 Å². The van der Waals surface area contributed by atoms with Crippen molar-refractivity contribution in [3.8, 4) is 0 Å². The Morgan fingerprint density at radius 3 is 2.48 bits per heavy atom. The molecule has 1 fully saturated rings. The van der Waals surface area contributed by atoms with E-state index >= 15 is 0 Å². The van der Waals surface area contributed by atoms with Crippen LogP contribution in [0.25, 0.3) is 0 Å². The number of piperidine rings is 1. The number of sulfonamides is 1. The average Bonchev–Trinajstić information content (AvgIpc) is 2.90. The largest absolute Gasteiger partial charge is 0.302 e. The molecule has 25 heavy (non-hydrogen) atoms. The Morgan fingerprint density at radius 1 is 1.36 bits per heavy atom. The van der Waals surface area contributed by atoms with Gasteiger partial charge in [0.25, 0.3) is 10.0 Å². The Balaban J connectivity index is 2.05. The van der Waals surface area contributed by atoms with Crippen LogP contribution >= 0.6 is 0 Å². The number of carbonyl (C=O) groups excluding carboxylic acids is 1. The van der Waals surface area contributed by atoms with Gasteiger partial charge in [-0.25, -0.2) is 13.1 Å². The van der Waals surface area contributed by atoms with Gasteiger partial charge in [0.15, 0.2) is 0 Å². The zero-order valence-corrected chi connectivity index (χ0v) is 16.4. The summed E-state index contributed by atoms with van der Waals surface area (Å²) in [6.45, 7) is 7.16. The van der Waals surface area contributed by atoms with Crippen LogP contribution in [0, 0.1) is 5.92 Å². The first kappa shape index (κ1) is 19.9. The summed E-state index contributed by atoms with van der Waals surface area (Å²) in [6, 6.07) is 0. The molecule has 9 heteroatoms. The Hall–Kier alpha value is -1.45. The highest BCUT2D eigenvalue weighted by Crippen LogP contribution is 2.27. The number of aryl methyl sites for hydroxylation is 1. The van der Waals surface area contributed by atoms with Crippen LogP contribution in [0.15, 0.2) is 11.1 Å². The molecule has 0 saturated carbocycles. The second-order valence-corrected chi connectivity index (χ2v) is 9.20. The molecule has 1 amide bonds. The van der Waals surface area contributed by atoms with Crippen molar-refractivity contribution in [3.05, 3.63) is 11.9 Å². The number of aromatic nitrogens is 2. The molecule has 142 valence electrons. The van der Waals surface area contributed by atoms with E-state index in [1.54, 1.807) is 14.2 Å². The molecule has 0 unspecified atom stereocenters. The SMILES string of the molecule is CON1CCC(CC(=O)NS(=O)(=O)c2cn(C)nc2C(C)(C)C)CC1. The summed E-state index contributed by atoms with van der Waals surface area (Å²) >= 11 is 0. The Kier molecular flexibility index (Phi) is 5.90. The fraction of sp³-hybridized carbons (Fsp3) is 0.750. The van der Waals surface area contributed by atoms with Gasteiger partial charge in [0.1, 0.15) is 4.90 Å². The summed E-state index contributed by atoms with van der Waals surface area (Å²) in [6.07, 6.45) is 3.25. The van der Waals surface area contributed by atoms with E-state index in [0.717, 1.165) is 25.9 Å². The van der Waals surface area contributed by atoms with Crippen molar-refractivity contribution < 1.29 is 18.0 Å². The zero-order chi connectivity index (χ0) is 18.8. The predicted octanol–water partition coefficient (Wildman–Crippen LogP) is 1.19. The topological polar surface area (TPSA) is 93.5 Å². The van der Waals surface area contributed by atoms with Crippen molar-refractivity contribution in [2.75, 3.05) is 20.2 Å². The Bertz CT molecular complexity index is 713. The monoisotopic (exact) mass is 372 g/mol. The molecule has 1 aromatic rings. The number of hydrogen-bond donors (Lipinski definition) is 1. The second kappa shape index (κ2) is 7.43. The van der Waals surface area contributed by atoms with Crippen LogP contribution in [0.4, 0.5) is 0 Å². The molecule has 1 aromatic heterocycles.